The Bertz CT molecular complexity index is 582. The summed E-state index contributed by atoms with van der Waals surface area (Å²) in [6.45, 7) is 0. The number of benzene rings is 2. The Morgan fingerprint density at radius 3 is 2.11 bits per heavy atom. The van der Waals surface area contributed by atoms with Crippen LogP contribution < -0.4 is 5.73 Å². The van der Waals surface area contributed by atoms with Gasteiger partial charge in [0.15, 0.2) is 0 Å². The number of hydrogen-bond acceptors (Lipinski definition) is 2. The molecule has 3 nitrogen and oxygen atoms in total. The lowest BCUT2D eigenvalue weighted by Crippen LogP contribution is -2.14. The standard InChI is InChI=1S/C14H12IN3S/c15-19-14(17-12-9-5-2-6-10-12)18-13(16)11-7-3-1-4-8-11/h1-10H,(H2,16,17,18). The number of aliphatic imine (C=N–C) groups is 2. The van der Waals surface area contributed by atoms with Crippen LogP contribution in [0.3, 0.4) is 0 Å². The topological polar surface area (TPSA) is 50.7 Å². The van der Waals surface area contributed by atoms with Gasteiger partial charge in [-0.15, -0.1) is 0 Å². The van der Waals surface area contributed by atoms with Gasteiger partial charge in [-0.25, -0.2) is 9.98 Å². The van der Waals surface area contributed by atoms with Crippen molar-refractivity contribution in [3.05, 3.63) is 66.2 Å². The van der Waals surface area contributed by atoms with Crippen molar-refractivity contribution in [2.75, 3.05) is 0 Å². The maximum absolute atomic E-state index is 5.98. The Balaban J connectivity index is 2.26. The van der Waals surface area contributed by atoms with Crippen molar-refractivity contribution in [1.29, 1.82) is 0 Å². The maximum atomic E-state index is 5.98. The zero-order valence-electron chi connectivity index (χ0n) is 10.0. The van der Waals surface area contributed by atoms with Gasteiger partial charge in [0.2, 0.25) is 5.17 Å². The van der Waals surface area contributed by atoms with Crippen molar-refractivity contribution in [3.8, 4) is 0 Å². The van der Waals surface area contributed by atoms with Crippen LogP contribution in [0.25, 0.3) is 0 Å². The molecule has 0 amide bonds. The minimum absolute atomic E-state index is 0.472. The van der Waals surface area contributed by atoms with Crippen LogP contribution in [0.15, 0.2) is 70.6 Å². The summed E-state index contributed by atoms with van der Waals surface area (Å²) in [5.74, 6) is 0.472. The number of nitrogens with two attached hydrogens (primary N) is 1. The highest BCUT2D eigenvalue weighted by Gasteiger charge is 2.01. The molecule has 0 aliphatic heterocycles. The fourth-order valence-electron chi connectivity index (χ4n) is 1.45. The molecule has 0 radical (unpaired) electrons. The largest absolute Gasteiger partial charge is 0.383 e. The van der Waals surface area contributed by atoms with Crippen molar-refractivity contribution in [1.82, 2.24) is 0 Å². The van der Waals surface area contributed by atoms with Crippen LogP contribution in [0.2, 0.25) is 0 Å². The van der Waals surface area contributed by atoms with Gasteiger partial charge in [0.05, 0.1) is 5.69 Å². The molecule has 2 rings (SSSR count). The molecule has 0 saturated carbocycles. The normalized spacial score (nSPS) is 12.5. The van der Waals surface area contributed by atoms with Crippen molar-refractivity contribution < 1.29 is 0 Å². The molecule has 2 N–H and O–H groups in total. The molecular formula is C14H12IN3S. The highest BCUT2D eigenvalue weighted by molar-refractivity contribution is 14.2. The number of para-hydroxylation sites is 1. The van der Waals surface area contributed by atoms with E-state index in [1.807, 2.05) is 60.7 Å². The van der Waals surface area contributed by atoms with Gasteiger partial charge in [0, 0.05) is 26.8 Å². The Hall–Kier alpha value is -1.34. The van der Waals surface area contributed by atoms with E-state index in [4.69, 9.17) is 5.73 Å². The molecule has 0 saturated heterocycles. The lowest BCUT2D eigenvalue weighted by molar-refractivity contribution is 1.48. The average Bonchev–Trinajstić information content (AvgIpc) is 2.48. The molecule has 2 aromatic carbocycles. The Kier molecular flexibility index (Phi) is 5.41. The van der Waals surface area contributed by atoms with E-state index < -0.39 is 0 Å². The predicted molar refractivity (Wildman–Crippen MR) is 92.3 cm³/mol. The molecule has 2 aromatic rings. The molecule has 19 heavy (non-hydrogen) atoms. The molecule has 0 fully saturated rings. The van der Waals surface area contributed by atoms with E-state index in [1.54, 1.807) is 0 Å². The maximum Gasteiger partial charge on any atom is 0.200 e. The highest BCUT2D eigenvalue weighted by atomic mass is 127. The zero-order chi connectivity index (χ0) is 13.5. The molecule has 0 bridgehead atoms. The summed E-state index contributed by atoms with van der Waals surface area (Å²) >= 11 is 2.15. The summed E-state index contributed by atoms with van der Waals surface area (Å²) in [5, 5.41) is 0.633. The summed E-state index contributed by atoms with van der Waals surface area (Å²) in [5.41, 5.74) is 7.74. The number of halogens is 1. The summed E-state index contributed by atoms with van der Waals surface area (Å²) in [6, 6.07) is 19.4. The van der Waals surface area contributed by atoms with E-state index in [1.165, 1.54) is 8.93 Å². The first-order valence-electron chi connectivity index (χ1n) is 5.61. The Labute approximate surface area is 128 Å². The van der Waals surface area contributed by atoms with Crippen molar-refractivity contribution in [2.24, 2.45) is 15.7 Å². The second-order valence-electron chi connectivity index (χ2n) is 3.67. The molecule has 96 valence electrons. The predicted octanol–water partition coefficient (Wildman–Crippen LogP) is 4.16. The summed E-state index contributed by atoms with van der Waals surface area (Å²) in [7, 11) is 1.44. The van der Waals surface area contributed by atoms with Gasteiger partial charge in [0.1, 0.15) is 5.84 Å². The van der Waals surface area contributed by atoms with Crippen molar-refractivity contribution in [3.63, 3.8) is 0 Å². The van der Waals surface area contributed by atoms with Gasteiger partial charge >= 0.3 is 0 Å². The Morgan fingerprint density at radius 1 is 0.947 bits per heavy atom. The van der Waals surface area contributed by atoms with Crippen LogP contribution in [0, 0.1) is 0 Å². The molecule has 0 aliphatic carbocycles. The molecule has 0 aliphatic rings. The van der Waals surface area contributed by atoms with E-state index in [0.717, 1.165) is 11.3 Å². The minimum atomic E-state index is 0.472. The second kappa shape index (κ2) is 7.30. The molecule has 0 spiro atoms. The minimum Gasteiger partial charge on any atom is -0.383 e. The van der Waals surface area contributed by atoms with Crippen LogP contribution in [0.4, 0.5) is 5.69 Å². The van der Waals surface area contributed by atoms with Gasteiger partial charge in [-0.1, -0.05) is 48.5 Å². The fraction of sp³-hybridized carbons (Fsp3) is 0. The highest BCUT2D eigenvalue weighted by Crippen LogP contribution is 2.20. The molecule has 0 atom stereocenters. The van der Waals surface area contributed by atoms with Gasteiger partial charge in [0.25, 0.3) is 0 Å². The quantitative estimate of drug-likeness (QED) is 0.483. The van der Waals surface area contributed by atoms with Gasteiger partial charge in [-0.05, 0) is 21.1 Å². The molecule has 0 aromatic heterocycles. The van der Waals surface area contributed by atoms with E-state index >= 15 is 0 Å². The first-order chi connectivity index (χ1) is 9.29. The van der Waals surface area contributed by atoms with Gasteiger partial charge in [-0.2, -0.15) is 0 Å². The molecule has 0 heterocycles. The average molecular weight is 381 g/mol. The first kappa shape index (κ1) is 14.1. The number of nitrogens with zero attached hydrogens (tertiary/aromatic N) is 2. The number of amidine groups is 2. The Morgan fingerprint density at radius 2 is 1.53 bits per heavy atom. The third kappa shape index (κ3) is 4.36. The number of hydrogen-bond donors (Lipinski definition) is 1. The van der Waals surface area contributed by atoms with Crippen LogP contribution in [0.5, 0.6) is 0 Å². The van der Waals surface area contributed by atoms with Crippen molar-refractivity contribution >= 4 is 46.8 Å². The SMILES string of the molecule is N/C(=N\C(=Nc1ccccc1)SI)c1ccccc1. The molecule has 5 heteroatoms. The van der Waals surface area contributed by atoms with Gasteiger partial charge < -0.3 is 5.73 Å². The third-order valence-electron chi connectivity index (χ3n) is 2.34. The van der Waals surface area contributed by atoms with Crippen LogP contribution in [0.1, 0.15) is 5.56 Å². The third-order valence-corrected chi connectivity index (χ3v) is 3.84. The van der Waals surface area contributed by atoms with Crippen LogP contribution >= 0.6 is 30.1 Å². The molecular weight excluding hydrogens is 369 g/mol. The van der Waals surface area contributed by atoms with E-state index in [0.29, 0.717) is 11.0 Å². The second-order valence-corrected chi connectivity index (χ2v) is 5.51. The first-order valence-corrected chi connectivity index (χ1v) is 8.97. The number of rotatable bonds is 2. The van der Waals surface area contributed by atoms with Crippen LogP contribution in [-0.4, -0.2) is 11.0 Å². The summed E-state index contributed by atoms with van der Waals surface area (Å²) < 4.78 is 0. The lowest BCUT2D eigenvalue weighted by Gasteiger charge is -2.01. The molecule has 0 unspecified atom stereocenters. The van der Waals surface area contributed by atoms with E-state index in [9.17, 15) is 0 Å². The van der Waals surface area contributed by atoms with E-state index in [-0.39, 0.29) is 0 Å². The monoisotopic (exact) mass is 381 g/mol. The van der Waals surface area contributed by atoms with Crippen molar-refractivity contribution in [2.45, 2.75) is 0 Å². The smallest absolute Gasteiger partial charge is 0.200 e. The van der Waals surface area contributed by atoms with E-state index in [2.05, 4.69) is 31.2 Å². The summed E-state index contributed by atoms with van der Waals surface area (Å²) in [6.07, 6.45) is 0. The van der Waals surface area contributed by atoms with Crippen LogP contribution in [-0.2, 0) is 0 Å². The van der Waals surface area contributed by atoms with Gasteiger partial charge in [-0.3, -0.25) is 0 Å². The fourth-order valence-corrected chi connectivity index (χ4v) is 2.31. The zero-order valence-corrected chi connectivity index (χ0v) is 13.0. The summed E-state index contributed by atoms with van der Waals surface area (Å²) in [4.78, 5) is 8.81. The lowest BCUT2D eigenvalue weighted by atomic mass is 10.2.